The molecule has 0 radical (unpaired) electrons. The minimum Gasteiger partial charge on any atom is -1.00 e. The van der Waals surface area contributed by atoms with E-state index in [1.54, 1.807) is 7.05 Å². The zero-order chi connectivity index (χ0) is 24.9. The van der Waals surface area contributed by atoms with E-state index < -0.39 is 12.1 Å². The van der Waals surface area contributed by atoms with Crippen molar-refractivity contribution >= 4 is 0 Å². The molecule has 0 saturated carbocycles. The summed E-state index contributed by atoms with van der Waals surface area (Å²) in [6, 6.07) is 28.0. The molecule has 0 spiro atoms. The minimum absolute atomic E-state index is 0. The molecular formula is C26H31N6NaO3. The number of hydrogen-bond acceptors (Lipinski definition) is 6. The van der Waals surface area contributed by atoms with Gasteiger partial charge in [-0.25, -0.2) is 5.01 Å². The summed E-state index contributed by atoms with van der Waals surface area (Å²) in [6.45, 7) is 0.699. The molecule has 3 aromatic carbocycles. The van der Waals surface area contributed by atoms with E-state index in [0.29, 0.717) is 19.4 Å². The van der Waals surface area contributed by atoms with Gasteiger partial charge in [-0.1, -0.05) is 91.0 Å². The monoisotopic (exact) mass is 498 g/mol. The van der Waals surface area contributed by atoms with Crippen LogP contribution in [0.25, 0.3) is 0 Å². The van der Waals surface area contributed by atoms with Crippen molar-refractivity contribution in [1.82, 2.24) is 15.0 Å². The fourth-order valence-corrected chi connectivity index (χ4v) is 4.09. The van der Waals surface area contributed by atoms with Crippen LogP contribution in [-0.4, -0.2) is 47.8 Å². The van der Waals surface area contributed by atoms with E-state index in [2.05, 4.69) is 15.9 Å². The van der Waals surface area contributed by atoms with E-state index in [9.17, 15) is 14.7 Å². The molecular weight excluding hydrogens is 467 g/mol. The van der Waals surface area contributed by atoms with Crippen LogP contribution in [0.1, 0.15) is 24.2 Å². The summed E-state index contributed by atoms with van der Waals surface area (Å²) in [5, 5.41) is 13.7. The first-order valence-electron chi connectivity index (χ1n) is 11.5. The van der Waals surface area contributed by atoms with Crippen molar-refractivity contribution < 1.29 is 31.0 Å². The molecule has 0 saturated heterocycles. The van der Waals surface area contributed by atoms with Crippen LogP contribution in [0.2, 0.25) is 0 Å². The van der Waals surface area contributed by atoms with Crippen LogP contribution in [0.4, 0.5) is 0 Å². The average Bonchev–Trinajstić information content (AvgIpc) is 2.92. The first-order chi connectivity index (χ1) is 17.1. The normalized spacial score (nSPS) is 11.9. The molecule has 184 valence electrons. The van der Waals surface area contributed by atoms with Gasteiger partial charge >= 0.3 is 29.6 Å². The summed E-state index contributed by atoms with van der Waals surface area (Å²) >= 11 is 0. The maximum Gasteiger partial charge on any atom is 1.00 e. The van der Waals surface area contributed by atoms with Gasteiger partial charge in [0.05, 0.1) is 41.0 Å². The molecule has 0 unspecified atom stereocenters. The fourth-order valence-electron chi connectivity index (χ4n) is 4.09. The molecule has 10 heteroatoms. The summed E-state index contributed by atoms with van der Waals surface area (Å²) in [5.74, 6) is 0. The maximum absolute atomic E-state index is 12.1. The second kappa shape index (κ2) is 15.8. The van der Waals surface area contributed by atoms with Gasteiger partial charge in [-0.15, -0.1) is 14.7 Å². The van der Waals surface area contributed by atoms with Crippen LogP contribution in [-0.2, 0) is 12.8 Å². The zero-order valence-electron chi connectivity index (χ0n) is 21.8. The standard InChI is InChI=1S/C26H30N6O3.Na.H/c1-30(27-33)21-26(24-15-9-4-10-16-24)32(29-35)20-25(19-23-13-7-3-8-14-23)31(28-34)18-17-22-11-5-2-6-12-22;;/h2-16,25-26H,17-21H2,1H3;;/q;+1;-1/t25-,26+;;/m0../s1. The summed E-state index contributed by atoms with van der Waals surface area (Å²) in [5.41, 5.74) is 2.92. The Morgan fingerprint density at radius 3 is 1.75 bits per heavy atom. The smallest absolute Gasteiger partial charge is 1.00 e. The second-order valence-corrected chi connectivity index (χ2v) is 8.38. The SMILES string of the molecule is CN(C[C@H](c1ccccc1)N(C[C@H](Cc1ccccc1)N(CCc1ccccc1)N=O)N=O)N=O.[H-].[Na+]. The van der Waals surface area contributed by atoms with Gasteiger partial charge in [0.25, 0.3) is 0 Å². The molecule has 0 aliphatic carbocycles. The summed E-state index contributed by atoms with van der Waals surface area (Å²) < 4.78 is 0. The molecule has 0 aliphatic rings. The third-order valence-electron chi connectivity index (χ3n) is 5.94. The molecule has 9 nitrogen and oxygen atoms in total. The Balaban J connectivity index is 0.00000342. The second-order valence-electron chi connectivity index (χ2n) is 8.38. The Hall–Kier alpha value is -3.14. The van der Waals surface area contributed by atoms with Gasteiger partial charge in [0, 0.05) is 13.6 Å². The third-order valence-corrected chi connectivity index (χ3v) is 5.94. The van der Waals surface area contributed by atoms with Crippen molar-refractivity contribution in [3.63, 3.8) is 0 Å². The Bertz CT molecular complexity index is 1050. The van der Waals surface area contributed by atoms with Crippen LogP contribution < -0.4 is 29.6 Å². The molecule has 36 heavy (non-hydrogen) atoms. The summed E-state index contributed by atoms with van der Waals surface area (Å²) in [4.78, 5) is 35.2. The van der Waals surface area contributed by atoms with Crippen LogP contribution in [0.5, 0.6) is 0 Å². The first kappa shape index (κ1) is 29.1. The van der Waals surface area contributed by atoms with Gasteiger partial charge in [0.15, 0.2) is 0 Å². The largest absolute Gasteiger partial charge is 1.00 e. The van der Waals surface area contributed by atoms with Gasteiger partial charge in [-0.2, -0.15) is 0 Å². The molecule has 3 aromatic rings. The molecule has 0 heterocycles. The Kier molecular flexibility index (Phi) is 12.7. The van der Waals surface area contributed by atoms with Crippen LogP contribution in [0.15, 0.2) is 107 Å². The molecule has 0 aromatic heterocycles. The van der Waals surface area contributed by atoms with Gasteiger partial charge in [-0.05, 0) is 29.5 Å². The summed E-state index contributed by atoms with van der Waals surface area (Å²) in [7, 11) is 1.55. The zero-order valence-corrected chi connectivity index (χ0v) is 22.8. The van der Waals surface area contributed by atoms with Gasteiger partial charge in [0.1, 0.15) is 0 Å². The van der Waals surface area contributed by atoms with Crippen molar-refractivity contribution in [2.75, 3.05) is 26.7 Å². The van der Waals surface area contributed by atoms with Crippen LogP contribution >= 0.6 is 0 Å². The van der Waals surface area contributed by atoms with Crippen LogP contribution in [0, 0.1) is 14.7 Å². The molecule has 0 fully saturated rings. The quantitative estimate of drug-likeness (QED) is 0.181. The first-order valence-corrected chi connectivity index (χ1v) is 11.5. The van der Waals surface area contributed by atoms with Gasteiger partial charge in [0.2, 0.25) is 0 Å². The van der Waals surface area contributed by atoms with E-state index in [4.69, 9.17) is 0 Å². The number of nitrogens with zero attached hydrogens (tertiary/aromatic N) is 6. The van der Waals surface area contributed by atoms with Crippen molar-refractivity contribution in [2.24, 2.45) is 15.9 Å². The van der Waals surface area contributed by atoms with E-state index in [1.807, 2.05) is 91.0 Å². The van der Waals surface area contributed by atoms with Crippen molar-refractivity contribution in [3.05, 3.63) is 122 Å². The van der Waals surface area contributed by atoms with E-state index in [0.717, 1.165) is 16.7 Å². The minimum atomic E-state index is -0.530. The molecule has 0 aliphatic heterocycles. The molecule has 3 rings (SSSR count). The predicted molar refractivity (Wildman–Crippen MR) is 138 cm³/mol. The molecule has 2 atom stereocenters. The third kappa shape index (κ3) is 8.82. The Morgan fingerprint density at radius 1 is 0.694 bits per heavy atom. The Morgan fingerprint density at radius 2 is 1.22 bits per heavy atom. The number of rotatable bonds is 15. The topological polar surface area (TPSA) is 98.0 Å². The van der Waals surface area contributed by atoms with Crippen molar-refractivity contribution in [3.8, 4) is 0 Å². The predicted octanol–water partition coefficient (Wildman–Crippen LogP) is 2.28. The molecule has 0 amide bonds. The molecule has 0 bridgehead atoms. The molecule has 0 N–H and O–H groups in total. The van der Waals surface area contributed by atoms with Gasteiger partial charge in [-0.3, -0.25) is 10.0 Å². The number of hydrogen-bond donors (Lipinski definition) is 0. The maximum atomic E-state index is 12.1. The number of benzene rings is 3. The average molecular weight is 499 g/mol. The summed E-state index contributed by atoms with van der Waals surface area (Å²) in [6.07, 6.45) is 1.13. The fraction of sp³-hybridized carbons (Fsp3) is 0.308. The van der Waals surface area contributed by atoms with Gasteiger partial charge < -0.3 is 1.43 Å². The van der Waals surface area contributed by atoms with Crippen molar-refractivity contribution in [1.29, 1.82) is 0 Å². The number of nitroso groups, excluding NO2 is 3. The van der Waals surface area contributed by atoms with E-state index >= 15 is 0 Å². The van der Waals surface area contributed by atoms with Crippen molar-refractivity contribution in [2.45, 2.75) is 24.9 Å². The van der Waals surface area contributed by atoms with E-state index in [-0.39, 0.29) is 44.1 Å². The van der Waals surface area contributed by atoms with Crippen LogP contribution in [0.3, 0.4) is 0 Å². The van der Waals surface area contributed by atoms with E-state index in [1.165, 1.54) is 15.0 Å². The number of likely N-dealkylation sites (N-methyl/N-ethyl adjacent to an activating group) is 1. The Labute approximate surface area is 235 Å².